The molecule has 21 heavy (non-hydrogen) atoms. The first-order chi connectivity index (χ1) is 10.0. The topological polar surface area (TPSA) is 60.4 Å². The minimum Gasteiger partial charge on any atom is -0.458 e. The molecule has 1 aliphatic rings. The maximum Gasteiger partial charge on any atom is 0.152 e. The highest BCUT2D eigenvalue weighted by Crippen LogP contribution is 2.42. The van der Waals surface area contributed by atoms with E-state index in [2.05, 4.69) is 26.2 Å². The largest absolute Gasteiger partial charge is 0.458 e. The average molecular weight is 309 g/mol. The third kappa shape index (κ3) is 2.46. The number of para-hydroxylation sites is 1. The number of fused-ring (bicyclic) bond motifs is 1. The molecule has 2 aromatic rings. The molecule has 1 aliphatic heterocycles. The van der Waals surface area contributed by atoms with E-state index in [1.165, 1.54) is 0 Å². The van der Waals surface area contributed by atoms with Crippen LogP contribution in [0.15, 0.2) is 28.7 Å². The van der Waals surface area contributed by atoms with E-state index >= 15 is 0 Å². The van der Waals surface area contributed by atoms with Crippen molar-refractivity contribution in [3.05, 3.63) is 35.0 Å². The van der Waals surface area contributed by atoms with Crippen LogP contribution in [0, 0.1) is 11.8 Å². The normalized spacial score (nSPS) is 30.9. The Kier molecular flexibility index (Phi) is 3.97. The van der Waals surface area contributed by atoms with E-state index < -0.39 is 0 Å². The summed E-state index contributed by atoms with van der Waals surface area (Å²) in [5.74, 6) is 7.27. The van der Waals surface area contributed by atoms with Gasteiger partial charge in [0.05, 0.1) is 23.3 Å². The molecule has 0 saturated carbocycles. The number of rotatable bonds is 3. The minimum absolute atomic E-state index is 0.0941. The SMILES string of the molecule is CC1OC(C)C(C(NN)c2cc3cccc(Cl)c3o2)C1C. The monoisotopic (exact) mass is 308 g/mol. The van der Waals surface area contributed by atoms with Crippen LogP contribution in [-0.4, -0.2) is 12.2 Å². The van der Waals surface area contributed by atoms with E-state index in [-0.39, 0.29) is 24.2 Å². The zero-order valence-electron chi connectivity index (χ0n) is 12.5. The molecule has 5 unspecified atom stereocenters. The van der Waals surface area contributed by atoms with Crippen LogP contribution in [0.25, 0.3) is 11.0 Å². The molecule has 3 N–H and O–H groups in total. The fourth-order valence-electron chi connectivity index (χ4n) is 3.45. The fraction of sp³-hybridized carbons (Fsp3) is 0.500. The van der Waals surface area contributed by atoms with E-state index in [0.29, 0.717) is 16.5 Å². The number of ether oxygens (including phenoxy) is 1. The number of hydrogen-bond donors (Lipinski definition) is 2. The number of hydrazine groups is 1. The van der Waals surface area contributed by atoms with Crippen molar-refractivity contribution in [1.29, 1.82) is 0 Å². The van der Waals surface area contributed by atoms with Crippen LogP contribution in [-0.2, 0) is 4.74 Å². The number of benzene rings is 1. The van der Waals surface area contributed by atoms with Gasteiger partial charge in [-0.3, -0.25) is 5.84 Å². The van der Waals surface area contributed by atoms with Crippen molar-refractivity contribution >= 4 is 22.6 Å². The molecule has 1 fully saturated rings. The summed E-state index contributed by atoms with van der Waals surface area (Å²) in [6, 6.07) is 7.65. The minimum atomic E-state index is -0.0941. The van der Waals surface area contributed by atoms with Crippen molar-refractivity contribution < 1.29 is 9.15 Å². The van der Waals surface area contributed by atoms with Gasteiger partial charge in [-0.05, 0) is 31.9 Å². The number of hydrogen-bond acceptors (Lipinski definition) is 4. The standard InChI is InChI=1S/C16H21ClN2O2/c1-8-9(2)20-10(3)14(8)15(19-18)13-7-11-5-4-6-12(17)16(11)21-13/h4-10,14-15,19H,18H2,1-3H3. The fourth-order valence-corrected chi connectivity index (χ4v) is 3.67. The van der Waals surface area contributed by atoms with Gasteiger partial charge < -0.3 is 9.15 Å². The van der Waals surface area contributed by atoms with E-state index in [1.807, 2.05) is 24.3 Å². The lowest BCUT2D eigenvalue weighted by Crippen LogP contribution is -2.38. The molecule has 1 aromatic carbocycles. The quantitative estimate of drug-likeness (QED) is 0.671. The van der Waals surface area contributed by atoms with Crippen LogP contribution in [0.4, 0.5) is 0 Å². The summed E-state index contributed by atoms with van der Waals surface area (Å²) in [6.45, 7) is 6.38. The summed E-state index contributed by atoms with van der Waals surface area (Å²) in [4.78, 5) is 0. The van der Waals surface area contributed by atoms with Gasteiger partial charge in [0.15, 0.2) is 5.58 Å². The number of nitrogens with two attached hydrogens (primary N) is 1. The van der Waals surface area contributed by atoms with Crippen LogP contribution in [0.5, 0.6) is 0 Å². The third-order valence-electron chi connectivity index (χ3n) is 4.70. The van der Waals surface area contributed by atoms with Crippen LogP contribution in [0.1, 0.15) is 32.6 Å². The van der Waals surface area contributed by atoms with Gasteiger partial charge in [-0.1, -0.05) is 30.7 Å². The predicted octanol–water partition coefficient (Wildman–Crippen LogP) is 3.65. The molecule has 0 aliphatic carbocycles. The molecular weight excluding hydrogens is 288 g/mol. The lowest BCUT2D eigenvalue weighted by Gasteiger charge is -2.26. The highest BCUT2D eigenvalue weighted by atomic mass is 35.5. The molecule has 1 saturated heterocycles. The molecular formula is C16H21ClN2O2. The number of halogens is 1. The second-order valence-corrected chi connectivity index (χ2v) is 6.34. The van der Waals surface area contributed by atoms with Crippen LogP contribution >= 0.6 is 11.6 Å². The lowest BCUT2D eigenvalue weighted by molar-refractivity contribution is 0.0466. The molecule has 5 heteroatoms. The van der Waals surface area contributed by atoms with Gasteiger partial charge >= 0.3 is 0 Å². The Morgan fingerprint density at radius 2 is 2.00 bits per heavy atom. The van der Waals surface area contributed by atoms with E-state index in [4.69, 9.17) is 26.6 Å². The van der Waals surface area contributed by atoms with Crippen molar-refractivity contribution in [2.75, 3.05) is 0 Å². The molecule has 0 spiro atoms. The predicted molar refractivity (Wildman–Crippen MR) is 84.0 cm³/mol. The molecule has 1 aromatic heterocycles. The smallest absolute Gasteiger partial charge is 0.152 e. The van der Waals surface area contributed by atoms with Gasteiger partial charge in [0.1, 0.15) is 5.76 Å². The van der Waals surface area contributed by atoms with Crippen molar-refractivity contribution in [3.63, 3.8) is 0 Å². The van der Waals surface area contributed by atoms with E-state index in [1.54, 1.807) is 0 Å². The van der Waals surface area contributed by atoms with Gasteiger partial charge in [-0.25, -0.2) is 5.43 Å². The summed E-state index contributed by atoms with van der Waals surface area (Å²) in [5.41, 5.74) is 3.62. The highest BCUT2D eigenvalue weighted by molar-refractivity contribution is 6.34. The Morgan fingerprint density at radius 1 is 1.24 bits per heavy atom. The van der Waals surface area contributed by atoms with Gasteiger partial charge in [0.25, 0.3) is 0 Å². The molecule has 4 nitrogen and oxygen atoms in total. The first-order valence-corrected chi connectivity index (χ1v) is 7.70. The second-order valence-electron chi connectivity index (χ2n) is 5.93. The van der Waals surface area contributed by atoms with Crippen molar-refractivity contribution in [2.24, 2.45) is 17.7 Å². The Hall–Kier alpha value is -1.07. The van der Waals surface area contributed by atoms with Crippen molar-refractivity contribution in [3.8, 4) is 0 Å². The molecule has 0 amide bonds. The molecule has 0 bridgehead atoms. The Labute approximate surface area is 129 Å². The summed E-state index contributed by atoms with van der Waals surface area (Å²) >= 11 is 6.19. The first-order valence-electron chi connectivity index (χ1n) is 7.32. The van der Waals surface area contributed by atoms with Crippen LogP contribution in [0.3, 0.4) is 0 Å². The zero-order valence-corrected chi connectivity index (χ0v) is 13.2. The molecule has 3 rings (SSSR count). The van der Waals surface area contributed by atoms with Crippen LogP contribution in [0.2, 0.25) is 5.02 Å². The Balaban J connectivity index is 2.00. The van der Waals surface area contributed by atoms with Gasteiger partial charge in [0, 0.05) is 11.3 Å². The summed E-state index contributed by atoms with van der Waals surface area (Å²) in [7, 11) is 0. The van der Waals surface area contributed by atoms with E-state index in [9.17, 15) is 0 Å². The van der Waals surface area contributed by atoms with Crippen molar-refractivity contribution in [2.45, 2.75) is 39.0 Å². The van der Waals surface area contributed by atoms with Gasteiger partial charge in [-0.15, -0.1) is 0 Å². The number of nitrogens with one attached hydrogen (secondary N) is 1. The second kappa shape index (κ2) is 5.61. The lowest BCUT2D eigenvalue weighted by atomic mass is 9.82. The Bertz CT molecular complexity index is 642. The summed E-state index contributed by atoms with van der Waals surface area (Å²) in [6.07, 6.45) is 0.341. The Morgan fingerprint density at radius 3 is 2.57 bits per heavy atom. The first kappa shape index (κ1) is 14.9. The molecule has 2 heterocycles. The maximum absolute atomic E-state index is 6.19. The zero-order chi connectivity index (χ0) is 15.1. The van der Waals surface area contributed by atoms with Gasteiger partial charge in [-0.2, -0.15) is 0 Å². The summed E-state index contributed by atoms with van der Waals surface area (Å²) < 4.78 is 11.9. The highest BCUT2D eigenvalue weighted by Gasteiger charge is 2.43. The molecule has 0 radical (unpaired) electrons. The third-order valence-corrected chi connectivity index (χ3v) is 5.00. The van der Waals surface area contributed by atoms with E-state index in [0.717, 1.165) is 11.1 Å². The van der Waals surface area contributed by atoms with Gasteiger partial charge in [0.2, 0.25) is 0 Å². The molecule has 114 valence electrons. The average Bonchev–Trinajstić information content (AvgIpc) is 2.97. The van der Waals surface area contributed by atoms with Crippen LogP contribution < -0.4 is 11.3 Å². The maximum atomic E-state index is 6.19. The number of furan rings is 1. The molecule has 5 atom stereocenters. The summed E-state index contributed by atoms with van der Waals surface area (Å²) in [5, 5.41) is 1.61. The van der Waals surface area contributed by atoms with Crippen molar-refractivity contribution in [1.82, 2.24) is 5.43 Å².